The second kappa shape index (κ2) is 9.31. The number of benzene rings is 1. The summed E-state index contributed by atoms with van der Waals surface area (Å²) in [5, 5.41) is 12.4. The molecular formula is C20H25N3O3. The van der Waals surface area contributed by atoms with Crippen molar-refractivity contribution in [2.24, 2.45) is 0 Å². The number of carbonyl (C=O) groups excluding carboxylic acids is 1. The van der Waals surface area contributed by atoms with Crippen LogP contribution in [-0.4, -0.2) is 53.7 Å². The molecule has 1 aliphatic heterocycles. The number of nitrogens with zero attached hydrogens (tertiary/aromatic N) is 2. The highest BCUT2D eigenvalue weighted by Gasteiger charge is 2.28. The van der Waals surface area contributed by atoms with Gasteiger partial charge in [0.25, 0.3) is 0 Å². The van der Waals surface area contributed by atoms with Crippen molar-refractivity contribution in [3.63, 3.8) is 0 Å². The van der Waals surface area contributed by atoms with Gasteiger partial charge in [0.2, 0.25) is 5.91 Å². The molecule has 1 fully saturated rings. The average Bonchev–Trinajstić information content (AvgIpc) is 2.68. The number of aromatic hydroxyl groups is 1. The molecule has 0 unspecified atom stereocenters. The fourth-order valence-corrected chi connectivity index (χ4v) is 3.16. The molecule has 1 aromatic carbocycles. The van der Waals surface area contributed by atoms with Gasteiger partial charge in [0.15, 0.2) is 0 Å². The highest BCUT2D eigenvalue weighted by molar-refractivity contribution is 5.83. The van der Waals surface area contributed by atoms with Crippen LogP contribution in [0.1, 0.15) is 23.6 Å². The van der Waals surface area contributed by atoms with Gasteiger partial charge in [0, 0.05) is 32.0 Å². The van der Waals surface area contributed by atoms with Gasteiger partial charge in [-0.25, -0.2) is 0 Å². The quantitative estimate of drug-likeness (QED) is 0.742. The average molecular weight is 355 g/mol. The van der Waals surface area contributed by atoms with Gasteiger partial charge in [0.1, 0.15) is 11.8 Å². The Morgan fingerprint density at radius 2 is 2.00 bits per heavy atom. The summed E-state index contributed by atoms with van der Waals surface area (Å²) in [7, 11) is 0. The number of carbonyl (C=O) groups is 1. The number of nitrogens with one attached hydrogen (secondary N) is 1. The number of amides is 1. The van der Waals surface area contributed by atoms with Crippen molar-refractivity contribution in [3.8, 4) is 5.75 Å². The molecule has 2 aromatic rings. The Balaban J connectivity index is 1.56. The van der Waals surface area contributed by atoms with E-state index in [2.05, 4.69) is 15.2 Å². The molecule has 2 N–H and O–H groups in total. The Morgan fingerprint density at radius 1 is 1.23 bits per heavy atom. The van der Waals surface area contributed by atoms with E-state index in [-0.39, 0.29) is 17.7 Å². The summed E-state index contributed by atoms with van der Waals surface area (Å²) < 4.78 is 5.41. The number of morpholine rings is 1. The van der Waals surface area contributed by atoms with E-state index in [0.29, 0.717) is 19.8 Å². The van der Waals surface area contributed by atoms with E-state index in [1.165, 1.54) is 0 Å². The minimum absolute atomic E-state index is 0.00519. The van der Waals surface area contributed by atoms with E-state index in [9.17, 15) is 9.90 Å². The maximum Gasteiger partial charge on any atom is 0.242 e. The summed E-state index contributed by atoms with van der Waals surface area (Å²) in [5.74, 6) is 0.275. The monoisotopic (exact) mass is 355 g/mol. The van der Waals surface area contributed by atoms with Crippen LogP contribution < -0.4 is 5.32 Å². The van der Waals surface area contributed by atoms with Crippen LogP contribution in [0.4, 0.5) is 0 Å². The molecular weight excluding hydrogens is 330 g/mol. The van der Waals surface area contributed by atoms with Gasteiger partial charge < -0.3 is 15.2 Å². The predicted molar refractivity (Wildman–Crippen MR) is 98.8 cm³/mol. The molecule has 26 heavy (non-hydrogen) atoms. The smallest absolute Gasteiger partial charge is 0.242 e. The van der Waals surface area contributed by atoms with Crippen LogP contribution in [0, 0.1) is 0 Å². The molecule has 0 bridgehead atoms. The summed E-state index contributed by atoms with van der Waals surface area (Å²) >= 11 is 0. The second-order valence-electron chi connectivity index (χ2n) is 6.40. The van der Waals surface area contributed by atoms with Gasteiger partial charge in [0.05, 0.1) is 13.2 Å². The molecule has 2 heterocycles. The lowest BCUT2D eigenvalue weighted by Gasteiger charge is -2.33. The maximum absolute atomic E-state index is 12.8. The minimum atomic E-state index is -0.332. The summed E-state index contributed by atoms with van der Waals surface area (Å²) in [4.78, 5) is 19.2. The van der Waals surface area contributed by atoms with Gasteiger partial charge in [-0.3, -0.25) is 14.7 Å². The van der Waals surface area contributed by atoms with Crippen molar-refractivity contribution in [1.29, 1.82) is 0 Å². The van der Waals surface area contributed by atoms with Crippen LogP contribution in [0.25, 0.3) is 0 Å². The summed E-state index contributed by atoms with van der Waals surface area (Å²) in [5.41, 5.74) is 2.06. The lowest BCUT2D eigenvalue weighted by molar-refractivity contribution is -0.128. The first-order valence-corrected chi connectivity index (χ1v) is 9.01. The molecule has 6 heteroatoms. The predicted octanol–water partition coefficient (Wildman–Crippen LogP) is 1.91. The van der Waals surface area contributed by atoms with Crippen molar-refractivity contribution in [2.75, 3.05) is 32.8 Å². The zero-order chi connectivity index (χ0) is 18.2. The molecule has 0 saturated carbocycles. The number of phenolic OH excluding ortho intramolecular Hbond substituents is 1. The fraction of sp³-hybridized carbons (Fsp3) is 0.400. The number of hydrogen-bond acceptors (Lipinski definition) is 5. The molecule has 3 rings (SSSR count). The van der Waals surface area contributed by atoms with E-state index >= 15 is 0 Å². The molecule has 138 valence electrons. The van der Waals surface area contributed by atoms with E-state index in [1.54, 1.807) is 24.5 Å². The summed E-state index contributed by atoms with van der Waals surface area (Å²) in [6.45, 7) is 3.37. The van der Waals surface area contributed by atoms with Crippen LogP contribution in [0.15, 0.2) is 48.8 Å². The highest BCUT2D eigenvalue weighted by Crippen LogP contribution is 2.21. The van der Waals surface area contributed by atoms with Crippen molar-refractivity contribution in [3.05, 3.63) is 59.9 Å². The first kappa shape index (κ1) is 18.4. The number of pyridine rings is 1. The van der Waals surface area contributed by atoms with Crippen LogP contribution in [0.2, 0.25) is 0 Å². The van der Waals surface area contributed by atoms with E-state index in [1.807, 2.05) is 24.3 Å². The van der Waals surface area contributed by atoms with E-state index < -0.39 is 0 Å². The van der Waals surface area contributed by atoms with E-state index in [4.69, 9.17) is 4.74 Å². The normalized spacial score (nSPS) is 16.2. The second-order valence-corrected chi connectivity index (χ2v) is 6.40. The summed E-state index contributed by atoms with van der Waals surface area (Å²) in [6, 6.07) is 10.7. The first-order chi connectivity index (χ1) is 12.7. The van der Waals surface area contributed by atoms with Gasteiger partial charge in [-0.1, -0.05) is 18.2 Å². The van der Waals surface area contributed by atoms with Crippen molar-refractivity contribution < 1.29 is 14.6 Å². The number of phenols is 1. The largest absolute Gasteiger partial charge is 0.508 e. The SMILES string of the molecule is O=C(NCCCc1ccc(O)cc1)[C@H](c1cccnc1)N1CCOCC1. The Kier molecular flexibility index (Phi) is 6.57. The molecule has 1 saturated heterocycles. The molecule has 1 atom stereocenters. The van der Waals surface area contributed by atoms with Crippen LogP contribution in [-0.2, 0) is 16.0 Å². The molecule has 1 amide bonds. The molecule has 1 aromatic heterocycles. The summed E-state index contributed by atoms with van der Waals surface area (Å²) in [6.07, 6.45) is 5.18. The number of hydrogen-bond donors (Lipinski definition) is 2. The first-order valence-electron chi connectivity index (χ1n) is 9.01. The van der Waals surface area contributed by atoms with Gasteiger partial charge in [-0.2, -0.15) is 0 Å². The molecule has 6 nitrogen and oxygen atoms in total. The molecule has 0 spiro atoms. The third-order valence-corrected chi connectivity index (χ3v) is 4.54. The van der Waals surface area contributed by atoms with Crippen LogP contribution >= 0.6 is 0 Å². The lowest BCUT2D eigenvalue weighted by Crippen LogP contribution is -2.46. The zero-order valence-corrected chi connectivity index (χ0v) is 14.8. The number of aryl methyl sites for hydroxylation is 1. The van der Waals surface area contributed by atoms with Crippen LogP contribution in [0.3, 0.4) is 0 Å². The van der Waals surface area contributed by atoms with Crippen molar-refractivity contribution in [2.45, 2.75) is 18.9 Å². The number of ether oxygens (including phenoxy) is 1. The van der Waals surface area contributed by atoms with Crippen LogP contribution in [0.5, 0.6) is 5.75 Å². The Morgan fingerprint density at radius 3 is 2.69 bits per heavy atom. The fourth-order valence-electron chi connectivity index (χ4n) is 3.16. The van der Waals surface area contributed by atoms with Gasteiger partial charge >= 0.3 is 0 Å². The topological polar surface area (TPSA) is 74.7 Å². The Labute approximate surface area is 153 Å². The maximum atomic E-state index is 12.8. The Hall–Kier alpha value is -2.44. The van der Waals surface area contributed by atoms with E-state index in [0.717, 1.165) is 37.1 Å². The highest BCUT2D eigenvalue weighted by atomic mass is 16.5. The zero-order valence-electron chi connectivity index (χ0n) is 14.8. The number of aromatic nitrogens is 1. The lowest BCUT2D eigenvalue weighted by atomic mass is 10.1. The van der Waals surface area contributed by atoms with Gasteiger partial charge in [-0.15, -0.1) is 0 Å². The van der Waals surface area contributed by atoms with Crippen molar-refractivity contribution >= 4 is 5.91 Å². The minimum Gasteiger partial charge on any atom is -0.508 e. The Bertz CT molecular complexity index is 685. The third-order valence-electron chi connectivity index (χ3n) is 4.54. The standard InChI is InChI=1S/C20H25N3O3/c24-18-7-5-16(6-8-18)3-1-10-22-20(25)19(17-4-2-9-21-15-17)23-11-13-26-14-12-23/h2,4-9,15,19,24H,1,3,10-14H2,(H,22,25)/t19-/m0/s1. The molecule has 1 aliphatic rings. The number of rotatable bonds is 7. The molecule has 0 radical (unpaired) electrons. The molecule has 0 aliphatic carbocycles. The third kappa shape index (κ3) is 5.03. The van der Waals surface area contributed by atoms with Crippen molar-refractivity contribution in [1.82, 2.24) is 15.2 Å². The van der Waals surface area contributed by atoms with Gasteiger partial charge in [-0.05, 0) is 42.2 Å².